The first-order valence-electron chi connectivity index (χ1n) is 17.5. The Labute approximate surface area is 299 Å². The van der Waals surface area contributed by atoms with Crippen molar-refractivity contribution in [3.05, 3.63) is 212 Å². The van der Waals surface area contributed by atoms with Gasteiger partial charge in [-0.25, -0.2) is 0 Å². The number of rotatable bonds is 7. The highest BCUT2D eigenvalue weighted by atomic mass is 15.1. The highest BCUT2D eigenvalue weighted by molar-refractivity contribution is 6.06. The molecule has 0 radical (unpaired) electrons. The predicted molar refractivity (Wildman–Crippen MR) is 218 cm³/mol. The molecular formula is C50H35N. The molecule has 0 heterocycles. The van der Waals surface area contributed by atoms with E-state index in [1.807, 2.05) is 0 Å². The second-order valence-corrected chi connectivity index (χ2v) is 12.9. The molecule has 9 aromatic carbocycles. The van der Waals surface area contributed by atoms with Crippen molar-refractivity contribution in [3.63, 3.8) is 0 Å². The van der Waals surface area contributed by atoms with E-state index in [2.05, 4.69) is 217 Å². The van der Waals surface area contributed by atoms with Gasteiger partial charge in [0.15, 0.2) is 0 Å². The van der Waals surface area contributed by atoms with Crippen LogP contribution >= 0.6 is 0 Å². The maximum absolute atomic E-state index is 2.35. The summed E-state index contributed by atoms with van der Waals surface area (Å²) >= 11 is 0. The van der Waals surface area contributed by atoms with Gasteiger partial charge in [-0.05, 0) is 102 Å². The first-order chi connectivity index (χ1) is 25.3. The van der Waals surface area contributed by atoms with E-state index in [-0.39, 0.29) is 0 Å². The third-order valence-corrected chi connectivity index (χ3v) is 9.88. The largest absolute Gasteiger partial charge is 0.311 e. The van der Waals surface area contributed by atoms with E-state index < -0.39 is 0 Å². The second kappa shape index (κ2) is 13.3. The van der Waals surface area contributed by atoms with Crippen molar-refractivity contribution in [2.45, 2.75) is 0 Å². The maximum Gasteiger partial charge on any atom is 0.0462 e. The molecule has 0 amide bonds. The van der Waals surface area contributed by atoms with Crippen LogP contribution in [0.3, 0.4) is 0 Å². The molecule has 0 saturated heterocycles. The molecule has 1 nitrogen and oxygen atoms in total. The van der Waals surface area contributed by atoms with Gasteiger partial charge in [-0.1, -0.05) is 176 Å². The van der Waals surface area contributed by atoms with Crippen molar-refractivity contribution in [2.24, 2.45) is 0 Å². The smallest absolute Gasteiger partial charge is 0.0462 e. The van der Waals surface area contributed by atoms with Crippen LogP contribution < -0.4 is 4.90 Å². The number of benzene rings is 9. The van der Waals surface area contributed by atoms with Crippen LogP contribution in [0.15, 0.2) is 212 Å². The summed E-state index contributed by atoms with van der Waals surface area (Å²) in [7, 11) is 0. The van der Waals surface area contributed by atoms with Crippen molar-refractivity contribution in [1.82, 2.24) is 0 Å². The molecule has 240 valence electrons. The molecule has 9 rings (SSSR count). The van der Waals surface area contributed by atoms with Crippen molar-refractivity contribution in [1.29, 1.82) is 0 Å². The number of hydrogen-bond donors (Lipinski definition) is 0. The van der Waals surface area contributed by atoms with E-state index in [0.29, 0.717) is 0 Å². The summed E-state index contributed by atoms with van der Waals surface area (Å²) in [6.45, 7) is 0. The number of fused-ring (bicyclic) bond motifs is 2. The number of anilines is 3. The molecule has 51 heavy (non-hydrogen) atoms. The molecule has 1 heteroatoms. The summed E-state index contributed by atoms with van der Waals surface area (Å²) < 4.78 is 0. The van der Waals surface area contributed by atoms with Crippen LogP contribution in [0, 0.1) is 0 Å². The molecule has 0 aliphatic rings. The van der Waals surface area contributed by atoms with Crippen LogP contribution in [-0.2, 0) is 0 Å². The fourth-order valence-corrected chi connectivity index (χ4v) is 7.38. The predicted octanol–water partition coefficient (Wildman–Crippen LogP) is 14.1. The van der Waals surface area contributed by atoms with Gasteiger partial charge in [0.25, 0.3) is 0 Å². The van der Waals surface area contributed by atoms with Crippen LogP contribution in [0.25, 0.3) is 66.1 Å². The molecule has 0 aliphatic heterocycles. The Hall–Kier alpha value is -6.70. The van der Waals surface area contributed by atoms with Crippen LogP contribution in [0.2, 0.25) is 0 Å². The van der Waals surface area contributed by atoms with Crippen LogP contribution in [0.1, 0.15) is 0 Å². The lowest BCUT2D eigenvalue weighted by Crippen LogP contribution is -2.09. The van der Waals surface area contributed by atoms with Crippen LogP contribution in [0.4, 0.5) is 17.1 Å². The van der Waals surface area contributed by atoms with Gasteiger partial charge >= 0.3 is 0 Å². The summed E-state index contributed by atoms with van der Waals surface area (Å²) in [5, 5.41) is 5.03. The molecule has 9 aromatic rings. The third kappa shape index (κ3) is 5.86. The molecule has 0 atom stereocenters. The molecule has 0 spiro atoms. The normalized spacial score (nSPS) is 11.1. The summed E-state index contributed by atoms with van der Waals surface area (Å²) in [5.74, 6) is 0. The second-order valence-electron chi connectivity index (χ2n) is 12.9. The SMILES string of the molecule is c1ccc(-c2ccc(N(c3ccc(-c4cccc5ccccc45)cc3)c3ccc(-c4cccc5cccc(-c6ccccc6)c45)cc3)cc2)cc1. The van der Waals surface area contributed by atoms with Crippen molar-refractivity contribution < 1.29 is 0 Å². The number of nitrogens with zero attached hydrogens (tertiary/aromatic N) is 1. The molecule has 0 aliphatic carbocycles. The monoisotopic (exact) mass is 649 g/mol. The Balaban J connectivity index is 1.13. The molecule has 0 saturated carbocycles. The van der Waals surface area contributed by atoms with Gasteiger partial charge in [0.05, 0.1) is 0 Å². The topological polar surface area (TPSA) is 3.24 Å². The molecule has 0 aromatic heterocycles. The Morgan fingerprint density at radius 2 is 0.608 bits per heavy atom. The summed E-state index contributed by atoms with van der Waals surface area (Å²) in [4.78, 5) is 2.35. The third-order valence-electron chi connectivity index (χ3n) is 9.88. The highest BCUT2D eigenvalue weighted by Crippen LogP contribution is 2.40. The Kier molecular flexibility index (Phi) is 7.92. The van der Waals surface area contributed by atoms with Crippen molar-refractivity contribution >= 4 is 38.6 Å². The quantitative estimate of drug-likeness (QED) is 0.166. The lowest BCUT2D eigenvalue weighted by molar-refractivity contribution is 1.28. The fraction of sp³-hybridized carbons (Fsp3) is 0. The van der Waals surface area contributed by atoms with E-state index in [4.69, 9.17) is 0 Å². The first-order valence-corrected chi connectivity index (χ1v) is 17.5. The van der Waals surface area contributed by atoms with Gasteiger partial charge < -0.3 is 4.90 Å². The van der Waals surface area contributed by atoms with Gasteiger partial charge in [-0.3, -0.25) is 0 Å². The van der Waals surface area contributed by atoms with Crippen LogP contribution in [-0.4, -0.2) is 0 Å². The fourth-order valence-electron chi connectivity index (χ4n) is 7.38. The highest BCUT2D eigenvalue weighted by Gasteiger charge is 2.16. The molecule has 0 unspecified atom stereocenters. The van der Waals surface area contributed by atoms with E-state index in [1.54, 1.807) is 0 Å². The number of hydrogen-bond acceptors (Lipinski definition) is 1. The molecule has 0 fully saturated rings. The molecular weight excluding hydrogens is 615 g/mol. The van der Waals surface area contributed by atoms with Gasteiger partial charge in [-0.15, -0.1) is 0 Å². The lowest BCUT2D eigenvalue weighted by Gasteiger charge is -2.26. The summed E-state index contributed by atoms with van der Waals surface area (Å²) in [6, 6.07) is 76.5. The molecule has 0 bridgehead atoms. The minimum atomic E-state index is 1.10. The van der Waals surface area contributed by atoms with E-state index in [1.165, 1.54) is 66.1 Å². The molecule has 0 N–H and O–H groups in total. The zero-order valence-corrected chi connectivity index (χ0v) is 28.2. The van der Waals surface area contributed by atoms with Gasteiger partial charge in [0.2, 0.25) is 0 Å². The zero-order chi connectivity index (χ0) is 34.0. The van der Waals surface area contributed by atoms with E-state index >= 15 is 0 Å². The van der Waals surface area contributed by atoms with Gasteiger partial charge in [0.1, 0.15) is 0 Å². The van der Waals surface area contributed by atoms with Crippen molar-refractivity contribution in [2.75, 3.05) is 4.90 Å². The maximum atomic E-state index is 2.35. The Bertz CT molecular complexity index is 2580. The van der Waals surface area contributed by atoms with E-state index in [9.17, 15) is 0 Å². The van der Waals surface area contributed by atoms with Gasteiger partial charge in [0, 0.05) is 17.1 Å². The Morgan fingerprint density at radius 3 is 1.18 bits per heavy atom. The first kappa shape index (κ1) is 30.4. The van der Waals surface area contributed by atoms with Gasteiger partial charge in [-0.2, -0.15) is 0 Å². The lowest BCUT2D eigenvalue weighted by atomic mass is 9.91. The standard InChI is InChI=1S/C50H35N/c1-3-12-36(13-4-1)37-24-30-43(31-25-37)51(44-32-26-40(27-33-44)47-21-9-17-38-16-7-8-20-46(38)47)45-34-28-41(29-35-45)49-23-11-19-42-18-10-22-48(50(42)49)39-14-5-2-6-15-39/h1-35H. The average Bonchev–Trinajstić information content (AvgIpc) is 3.22. The van der Waals surface area contributed by atoms with Crippen LogP contribution in [0.5, 0.6) is 0 Å². The van der Waals surface area contributed by atoms with Crippen molar-refractivity contribution in [3.8, 4) is 44.5 Å². The Morgan fingerprint density at radius 1 is 0.235 bits per heavy atom. The minimum Gasteiger partial charge on any atom is -0.311 e. The van der Waals surface area contributed by atoms with E-state index in [0.717, 1.165) is 17.1 Å². The summed E-state index contributed by atoms with van der Waals surface area (Å²) in [6.07, 6.45) is 0. The minimum absolute atomic E-state index is 1.10. The average molecular weight is 650 g/mol. The summed E-state index contributed by atoms with van der Waals surface area (Å²) in [5.41, 5.74) is 13.1. The zero-order valence-electron chi connectivity index (χ0n) is 28.2.